The third kappa shape index (κ3) is 3.27. The van der Waals surface area contributed by atoms with Crippen LogP contribution in [0.2, 0.25) is 0 Å². The van der Waals surface area contributed by atoms with Crippen LogP contribution < -0.4 is 19.5 Å². The molecule has 25 heavy (non-hydrogen) atoms. The Bertz CT molecular complexity index is 801. The normalized spacial score (nSPS) is 15.4. The van der Waals surface area contributed by atoms with Gasteiger partial charge in [0.2, 0.25) is 5.91 Å². The first-order chi connectivity index (χ1) is 12.1. The van der Waals surface area contributed by atoms with Gasteiger partial charge in [-0.25, -0.2) is 0 Å². The number of rotatable bonds is 4. The summed E-state index contributed by atoms with van der Waals surface area (Å²) in [5.74, 6) is 2.22. The zero-order valence-electron chi connectivity index (χ0n) is 15.0. The molecule has 0 saturated heterocycles. The van der Waals surface area contributed by atoms with Gasteiger partial charge in [-0.1, -0.05) is 6.07 Å². The minimum absolute atomic E-state index is 0.0544. The summed E-state index contributed by atoms with van der Waals surface area (Å²) in [4.78, 5) is 11.7. The molecule has 0 radical (unpaired) electrons. The summed E-state index contributed by atoms with van der Waals surface area (Å²) in [6.07, 6.45) is 1.63. The largest absolute Gasteiger partial charge is 0.497 e. The van der Waals surface area contributed by atoms with Gasteiger partial charge < -0.3 is 19.5 Å². The number of benzene rings is 2. The maximum absolute atomic E-state index is 11.7. The van der Waals surface area contributed by atoms with E-state index in [1.54, 1.807) is 21.3 Å². The molecular formula is C20H23NO4. The highest BCUT2D eigenvalue weighted by atomic mass is 16.5. The molecule has 5 nitrogen and oxygen atoms in total. The maximum atomic E-state index is 11.7. The Morgan fingerprint density at radius 1 is 1.04 bits per heavy atom. The van der Waals surface area contributed by atoms with Crippen molar-refractivity contribution in [2.24, 2.45) is 0 Å². The number of methoxy groups -OCH3 is 3. The monoisotopic (exact) mass is 341 g/mol. The van der Waals surface area contributed by atoms with Gasteiger partial charge in [-0.05, 0) is 47.7 Å². The van der Waals surface area contributed by atoms with E-state index in [9.17, 15) is 4.79 Å². The lowest BCUT2D eigenvalue weighted by Gasteiger charge is -2.21. The zero-order valence-corrected chi connectivity index (χ0v) is 15.0. The quantitative estimate of drug-likeness (QED) is 0.925. The van der Waals surface area contributed by atoms with E-state index in [4.69, 9.17) is 14.2 Å². The lowest BCUT2D eigenvalue weighted by molar-refractivity contribution is -0.119. The molecule has 1 unspecified atom stereocenters. The van der Waals surface area contributed by atoms with Gasteiger partial charge in [-0.2, -0.15) is 0 Å². The average Bonchev–Trinajstić information content (AvgIpc) is 2.77. The molecule has 0 aromatic heterocycles. The van der Waals surface area contributed by atoms with E-state index in [2.05, 4.69) is 17.4 Å². The minimum atomic E-state index is -0.102. The van der Waals surface area contributed by atoms with E-state index in [0.717, 1.165) is 41.0 Å². The van der Waals surface area contributed by atoms with E-state index in [1.165, 1.54) is 12.5 Å². The van der Waals surface area contributed by atoms with Gasteiger partial charge in [0.25, 0.3) is 0 Å². The van der Waals surface area contributed by atoms with Crippen molar-refractivity contribution in [3.63, 3.8) is 0 Å². The highest BCUT2D eigenvalue weighted by Crippen LogP contribution is 2.45. The number of aryl methyl sites for hydroxylation is 1. The molecule has 1 atom stereocenters. The van der Waals surface area contributed by atoms with Crippen LogP contribution in [0.1, 0.15) is 30.5 Å². The summed E-state index contributed by atoms with van der Waals surface area (Å²) in [5, 5.41) is 3.06. The smallest absolute Gasteiger partial charge is 0.217 e. The predicted octanol–water partition coefficient (Wildman–Crippen LogP) is 3.50. The second-order valence-electron chi connectivity index (χ2n) is 6.11. The number of ether oxygens (including phenoxy) is 3. The zero-order chi connectivity index (χ0) is 18.0. The standard InChI is InChI=1S/C20H23NO4/c1-12(22)21-18-8-5-13-9-14(23-2)6-7-16(13)20-17(18)10-15(24-3)11-19(20)25-4/h6-7,9-11,18H,5,8H2,1-4H3,(H,21,22). The van der Waals surface area contributed by atoms with Crippen molar-refractivity contribution in [3.05, 3.63) is 41.5 Å². The molecule has 3 rings (SSSR count). The summed E-state index contributed by atoms with van der Waals surface area (Å²) >= 11 is 0. The van der Waals surface area contributed by atoms with Crippen LogP contribution in [0.3, 0.4) is 0 Å². The summed E-state index contributed by atoms with van der Waals surface area (Å²) in [6.45, 7) is 1.54. The lowest BCUT2D eigenvalue weighted by Crippen LogP contribution is -2.26. The number of fused-ring (bicyclic) bond motifs is 3. The first kappa shape index (κ1) is 17.1. The van der Waals surface area contributed by atoms with Gasteiger partial charge in [0.15, 0.2) is 0 Å². The third-order valence-electron chi connectivity index (χ3n) is 4.60. The predicted molar refractivity (Wildman–Crippen MR) is 96.4 cm³/mol. The molecule has 2 aromatic rings. The van der Waals surface area contributed by atoms with Crippen molar-refractivity contribution >= 4 is 5.91 Å². The van der Waals surface area contributed by atoms with Crippen LogP contribution in [0.5, 0.6) is 17.2 Å². The second kappa shape index (κ2) is 7.05. The molecule has 5 heteroatoms. The highest BCUT2D eigenvalue weighted by molar-refractivity contribution is 5.81. The fourth-order valence-corrected chi connectivity index (χ4v) is 3.45. The van der Waals surface area contributed by atoms with Crippen molar-refractivity contribution in [3.8, 4) is 28.4 Å². The van der Waals surface area contributed by atoms with Crippen molar-refractivity contribution in [1.82, 2.24) is 5.32 Å². The average molecular weight is 341 g/mol. The van der Waals surface area contributed by atoms with Gasteiger partial charge in [0.1, 0.15) is 17.2 Å². The Morgan fingerprint density at radius 3 is 2.44 bits per heavy atom. The van der Waals surface area contributed by atoms with Crippen molar-refractivity contribution < 1.29 is 19.0 Å². The van der Waals surface area contributed by atoms with Gasteiger partial charge in [-0.3, -0.25) is 4.79 Å². The van der Waals surface area contributed by atoms with E-state index in [-0.39, 0.29) is 11.9 Å². The van der Waals surface area contributed by atoms with Crippen LogP contribution in [-0.4, -0.2) is 27.2 Å². The van der Waals surface area contributed by atoms with Crippen LogP contribution in [0, 0.1) is 0 Å². The molecule has 0 bridgehead atoms. The fourth-order valence-electron chi connectivity index (χ4n) is 3.45. The summed E-state index contributed by atoms with van der Waals surface area (Å²) < 4.78 is 16.5. The molecule has 132 valence electrons. The summed E-state index contributed by atoms with van der Waals surface area (Å²) in [5.41, 5.74) is 4.28. The molecule has 1 amide bonds. The summed E-state index contributed by atoms with van der Waals surface area (Å²) in [7, 11) is 4.94. The second-order valence-corrected chi connectivity index (χ2v) is 6.11. The van der Waals surface area contributed by atoms with Gasteiger partial charge in [-0.15, -0.1) is 0 Å². The van der Waals surface area contributed by atoms with Gasteiger partial charge in [0, 0.05) is 18.6 Å². The Morgan fingerprint density at radius 2 is 1.80 bits per heavy atom. The van der Waals surface area contributed by atoms with Gasteiger partial charge in [0.05, 0.1) is 27.4 Å². The summed E-state index contributed by atoms with van der Waals surface area (Å²) in [6, 6.07) is 9.82. The SMILES string of the molecule is COc1ccc2c(c1)CCC(NC(C)=O)c1cc(OC)cc(OC)c1-2. The van der Waals surface area contributed by atoms with Crippen LogP contribution >= 0.6 is 0 Å². The number of hydrogen-bond acceptors (Lipinski definition) is 4. The van der Waals surface area contributed by atoms with E-state index < -0.39 is 0 Å². The molecule has 0 saturated carbocycles. The molecule has 0 fully saturated rings. The molecular weight excluding hydrogens is 318 g/mol. The highest BCUT2D eigenvalue weighted by Gasteiger charge is 2.27. The van der Waals surface area contributed by atoms with E-state index >= 15 is 0 Å². The van der Waals surface area contributed by atoms with Crippen molar-refractivity contribution in [2.45, 2.75) is 25.8 Å². The Labute approximate surface area is 147 Å². The van der Waals surface area contributed by atoms with E-state index in [1.807, 2.05) is 18.2 Å². The number of amides is 1. The Balaban J connectivity index is 2.25. The van der Waals surface area contributed by atoms with Crippen molar-refractivity contribution in [1.29, 1.82) is 0 Å². The lowest BCUT2D eigenvalue weighted by atomic mass is 9.93. The topological polar surface area (TPSA) is 56.8 Å². The third-order valence-corrected chi connectivity index (χ3v) is 4.60. The van der Waals surface area contributed by atoms with E-state index in [0.29, 0.717) is 5.75 Å². The Hall–Kier alpha value is -2.69. The molecule has 2 aromatic carbocycles. The molecule has 0 heterocycles. The molecule has 1 aliphatic carbocycles. The van der Waals surface area contributed by atoms with Crippen LogP contribution in [0.25, 0.3) is 11.1 Å². The first-order valence-electron chi connectivity index (χ1n) is 8.27. The molecule has 0 spiro atoms. The molecule has 1 aliphatic rings. The minimum Gasteiger partial charge on any atom is -0.497 e. The number of carbonyl (C=O) groups is 1. The van der Waals surface area contributed by atoms with Crippen LogP contribution in [0.15, 0.2) is 30.3 Å². The fraction of sp³-hybridized carbons (Fsp3) is 0.350. The number of carbonyl (C=O) groups excluding carboxylic acids is 1. The molecule has 0 aliphatic heterocycles. The Kier molecular flexibility index (Phi) is 4.83. The van der Waals surface area contributed by atoms with Crippen molar-refractivity contribution in [2.75, 3.05) is 21.3 Å². The van der Waals surface area contributed by atoms with Crippen LogP contribution in [0.4, 0.5) is 0 Å². The maximum Gasteiger partial charge on any atom is 0.217 e. The van der Waals surface area contributed by atoms with Crippen LogP contribution in [-0.2, 0) is 11.2 Å². The van der Waals surface area contributed by atoms with Gasteiger partial charge >= 0.3 is 0 Å². The number of hydrogen-bond donors (Lipinski definition) is 1. The first-order valence-corrected chi connectivity index (χ1v) is 8.27. The molecule has 1 N–H and O–H groups in total. The number of nitrogens with one attached hydrogen (secondary N) is 1.